The average molecular weight is 365 g/mol. The highest BCUT2D eigenvalue weighted by Gasteiger charge is 2.18. The standard InChI is InChI=1S/C20H20FN5O/c1-12(10-22)23-20(27)13-3-8-18-16(9-13)17-11-25(2)24-19(17)26(18)15-6-4-14(21)5-7-15/h3-9,11-12H,10,22H2,1-2H3,(H,23,27)/t12-/m1/s1. The van der Waals surface area contributed by atoms with E-state index in [1.165, 1.54) is 12.1 Å². The van der Waals surface area contributed by atoms with Crippen LogP contribution >= 0.6 is 0 Å². The van der Waals surface area contributed by atoms with Crippen LogP contribution in [0.2, 0.25) is 0 Å². The molecular formula is C20H20FN5O. The second-order valence-electron chi connectivity index (χ2n) is 6.69. The molecule has 0 bridgehead atoms. The molecule has 4 aromatic rings. The monoisotopic (exact) mass is 365 g/mol. The first-order valence-corrected chi connectivity index (χ1v) is 8.72. The maximum atomic E-state index is 13.4. The van der Waals surface area contributed by atoms with Gasteiger partial charge in [0, 0.05) is 47.9 Å². The number of carbonyl (C=O) groups excluding carboxylic acids is 1. The number of benzene rings is 2. The molecule has 4 rings (SSSR count). The Balaban J connectivity index is 1.91. The Morgan fingerprint density at radius 3 is 2.67 bits per heavy atom. The number of aromatic nitrogens is 3. The van der Waals surface area contributed by atoms with Crippen molar-refractivity contribution < 1.29 is 9.18 Å². The van der Waals surface area contributed by atoms with E-state index in [0.29, 0.717) is 12.1 Å². The number of nitrogens with one attached hydrogen (secondary N) is 1. The lowest BCUT2D eigenvalue weighted by molar-refractivity contribution is 0.0941. The summed E-state index contributed by atoms with van der Waals surface area (Å²) < 4.78 is 17.0. The van der Waals surface area contributed by atoms with Crippen LogP contribution in [0.25, 0.3) is 27.6 Å². The molecule has 0 aliphatic carbocycles. The van der Waals surface area contributed by atoms with Crippen molar-refractivity contribution >= 4 is 27.8 Å². The summed E-state index contributed by atoms with van der Waals surface area (Å²) in [5, 5.41) is 9.27. The number of rotatable bonds is 4. The fourth-order valence-electron chi connectivity index (χ4n) is 3.25. The smallest absolute Gasteiger partial charge is 0.251 e. The van der Waals surface area contributed by atoms with E-state index in [9.17, 15) is 9.18 Å². The quantitative estimate of drug-likeness (QED) is 0.584. The molecule has 0 aliphatic rings. The summed E-state index contributed by atoms with van der Waals surface area (Å²) in [7, 11) is 1.85. The number of halogens is 1. The van der Waals surface area contributed by atoms with Gasteiger partial charge in [0.1, 0.15) is 5.82 Å². The van der Waals surface area contributed by atoms with Gasteiger partial charge >= 0.3 is 0 Å². The van der Waals surface area contributed by atoms with Gasteiger partial charge in [-0.1, -0.05) is 0 Å². The first kappa shape index (κ1) is 17.2. The lowest BCUT2D eigenvalue weighted by Gasteiger charge is -2.11. The van der Waals surface area contributed by atoms with Crippen molar-refractivity contribution in [2.24, 2.45) is 12.8 Å². The molecule has 0 fully saturated rings. The van der Waals surface area contributed by atoms with Gasteiger partial charge in [-0.2, -0.15) is 5.10 Å². The zero-order chi connectivity index (χ0) is 19.1. The van der Waals surface area contributed by atoms with Crippen molar-refractivity contribution in [2.45, 2.75) is 13.0 Å². The first-order chi connectivity index (χ1) is 13.0. The fourth-order valence-corrected chi connectivity index (χ4v) is 3.25. The van der Waals surface area contributed by atoms with Crippen LogP contribution in [-0.4, -0.2) is 32.8 Å². The summed E-state index contributed by atoms with van der Waals surface area (Å²) in [5.41, 5.74) is 8.62. The van der Waals surface area contributed by atoms with Crippen LogP contribution in [-0.2, 0) is 7.05 Å². The van der Waals surface area contributed by atoms with Gasteiger partial charge in [-0.15, -0.1) is 0 Å². The van der Waals surface area contributed by atoms with E-state index >= 15 is 0 Å². The Kier molecular flexibility index (Phi) is 4.16. The molecule has 138 valence electrons. The van der Waals surface area contributed by atoms with E-state index in [1.807, 2.05) is 36.9 Å². The van der Waals surface area contributed by atoms with Crippen LogP contribution in [0, 0.1) is 5.82 Å². The third-order valence-electron chi connectivity index (χ3n) is 4.63. The third-order valence-corrected chi connectivity index (χ3v) is 4.63. The van der Waals surface area contributed by atoms with Crippen molar-refractivity contribution in [2.75, 3.05) is 6.54 Å². The van der Waals surface area contributed by atoms with Gasteiger partial charge in [-0.05, 0) is 49.4 Å². The molecule has 0 saturated heterocycles. The number of amides is 1. The molecule has 0 radical (unpaired) electrons. The second-order valence-corrected chi connectivity index (χ2v) is 6.69. The molecule has 1 atom stereocenters. The average Bonchev–Trinajstić information content (AvgIpc) is 3.17. The van der Waals surface area contributed by atoms with Crippen LogP contribution in [0.3, 0.4) is 0 Å². The highest BCUT2D eigenvalue weighted by atomic mass is 19.1. The minimum atomic E-state index is -0.291. The van der Waals surface area contributed by atoms with E-state index in [-0.39, 0.29) is 17.8 Å². The van der Waals surface area contributed by atoms with Crippen LogP contribution in [0.4, 0.5) is 4.39 Å². The van der Waals surface area contributed by atoms with Crippen molar-refractivity contribution in [3.63, 3.8) is 0 Å². The largest absolute Gasteiger partial charge is 0.348 e. The first-order valence-electron chi connectivity index (χ1n) is 8.72. The zero-order valence-electron chi connectivity index (χ0n) is 15.1. The molecule has 0 saturated carbocycles. The third kappa shape index (κ3) is 2.96. The minimum Gasteiger partial charge on any atom is -0.348 e. The van der Waals surface area contributed by atoms with E-state index < -0.39 is 0 Å². The molecule has 1 amide bonds. The topological polar surface area (TPSA) is 77.9 Å². The summed E-state index contributed by atoms with van der Waals surface area (Å²) in [4.78, 5) is 12.5. The Labute approximate surface area is 155 Å². The highest BCUT2D eigenvalue weighted by molar-refractivity contribution is 6.10. The van der Waals surface area contributed by atoms with Crippen LogP contribution < -0.4 is 11.1 Å². The number of nitrogens with two attached hydrogens (primary N) is 1. The van der Waals surface area contributed by atoms with Gasteiger partial charge in [0.05, 0.1) is 5.52 Å². The van der Waals surface area contributed by atoms with Crippen molar-refractivity contribution in [3.8, 4) is 5.69 Å². The summed E-state index contributed by atoms with van der Waals surface area (Å²) in [6, 6.07) is 11.7. The predicted molar refractivity (Wildman–Crippen MR) is 103 cm³/mol. The number of hydrogen-bond acceptors (Lipinski definition) is 3. The van der Waals surface area contributed by atoms with Gasteiger partial charge < -0.3 is 11.1 Å². The highest BCUT2D eigenvalue weighted by Crippen LogP contribution is 2.31. The molecular weight excluding hydrogens is 345 g/mol. The van der Waals surface area contributed by atoms with E-state index in [2.05, 4.69) is 10.4 Å². The van der Waals surface area contributed by atoms with Crippen LogP contribution in [0.15, 0.2) is 48.7 Å². The predicted octanol–water partition coefficient (Wildman–Crippen LogP) is 2.73. The van der Waals surface area contributed by atoms with E-state index in [0.717, 1.165) is 27.6 Å². The van der Waals surface area contributed by atoms with Crippen molar-refractivity contribution in [3.05, 3.63) is 60.0 Å². The van der Waals surface area contributed by atoms with Crippen LogP contribution in [0.1, 0.15) is 17.3 Å². The Morgan fingerprint density at radius 2 is 1.96 bits per heavy atom. The van der Waals surface area contributed by atoms with Crippen LogP contribution in [0.5, 0.6) is 0 Å². The lowest BCUT2D eigenvalue weighted by atomic mass is 10.1. The Bertz CT molecular complexity index is 1140. The van der Waals surface area contributed by atoms with E-state index in [1.54, 1.807) is 22.9 Å². The van der Waals surface area contributed by atoms with Gasteiger partial charge in [-0.3, -0.25) is 14.0 Å². The molecule has 0 unspecified atom stereocenters. The molecule has 2 aromatic heterocycles. The SMILES string of the molecule is C[C@H](CN)NC(=O)c1ccc2c(c1)c1cn(C)nc1n2-c1ccc(F)cc1. The zero-order valence-corrected chi connectivity index (χ0v) is 15.1. The number of carbonyl (C=O) groups is 1. The molecule has 6 nitrogen and oxygen atoms in total. The van der Waals surface area contributed by atoms with Gasteiger partial charge in [0.15, 0.2) is 5.65 Å². The Morgan fingerprint density at radius 1 is 1.22 bits per heavy atom. The Hall–Kier alpha value is -3.19. The van der Waals surface area contributed by atoms with Gasteiger partial charge in [-0.25, -0.2) is 4.39 Å². The molecule has 2 heterocycles. The second kappa shape index (κ2) is 6.51. The van der Waals surface area contributed by atoms with Crippen molar-refractivity contribution in [1.82, 2.24) is 19.7 Å². The number of hydrogen-bond donors (Lipinski definition) is 2. The number of fused-ring (bicyclic) bond motifs is 3. The maximum absolute atomic E-state index is 13.4. The summed E-state index contributed by atoms with van der Waals surface area (Å²) in [6.07, 6.45) is 1.92. The van der Waals surface area contributed by atoms with Crippen molar-refractivity contribution in [1.29, 1.82) is 0 Å². The van der Waals surface area contributed by atoms with Gasteiger partial charge in [0.2, 0.25) is 0 Å². The maximum Gasteiger partial charge on any atom is 0.251 e. The lowest BCUT2D eigenvalue weighted by Crippen LogP contribution is -2.37. The normalized spacial score (nSPS) is 12.6. The molecule has 7 heteroatoms. The molecule has 0 spiro atoms. The minimum absolute atomic E-state index is 0.101. The fraction of sp³-hybridized carbons (Fsp3) is 0.200. The summed E-state index contributed by atoms with van der Waals surface area (Å²) in [6.45, 7) is 2.24. The van der Waals surface area contributed by atoms with Gasteiger partial charge in [0.25, 0.3) is 5.91 Å². The van der Waals surface area contributed by atoms with E-state index in [4.69, 9.17) is 5.73 Å². The summed E-state index contributed by atoms with van der Waals surface area (Å²) >= 11 is 0. The molecule has 2 aromatic carbocycles. The molecule has 3 N–H and O–H groups in total. The summed E-state index contributed by atoms with van der Waals surface area (Å²) in [5.74, 6) is -0.457. The number of aryl methyl sites for hydroxylation is 1. The molecule has 27 heavy (non-hydrogen) atoms. The number of nitrogens with zero attached hydrogens (tertiary/aromatic N) is 3. The molecule has 0 aliphatic heterocycles.